The molecule has 68 valence electrons. The van der Waals surface area contributed by atoms with Crippen molar-refractivity contribution in [1.29, 1.82) is 0 Å². The summed E-state index contributed by atoms with van der Waals surface area (Å²) < 4.78 is 0. The van der Waals surface area contributed by atoms with Gasteiger partial charge in [0.2, 0.25) is 0 Å². The number of thiocarbonyl (C=S) groups is 1. The fourth-order valence-corrected chi connectivity index (χ4v) is 2.18. The first-order valence-corrected chi connectivity index (χ1v) is 5.23. The molecule has 2 heterocycles. The lowest BCUT2D eigenvalue weighted by Crippen LogP contribution is -2.37. The van der Waals surface area contributed by atoms with Gasteiger partial charge in [0.05, 0.1) is 4.88 Å². The molecule has 1 aliphatic heterocycles. The van der Waals surface area contributed by atoms with Crippen molar-refractivity contribution in [2.24, 2.45) is 5.10 Å². The molecule has 1 atom stereocenters. The zero-order valence-electron chi connectivity index (χ0n) is 7.10. The molecule has 0 aromatic carbocycles. The molecule has 1 unspecified atom stereocenters. The molecule has 1 aromatic rings. The van der Waals surface area contributed by atoms with Crippen LogP contribution in [0.4, 0.5) is 0 Å². The standard InChI is InChI=1S/C8H9N3S2/c1-11-7(5-12)9-10-8(11)6-3-2-4-13-6/h2-5,7,9H,1H3. The number of nitrogens with one attached hydrogen (secondary N) is 1. The first kappa shape index (κ1) is 8.65. The minimum Gasteiger partial charge on any atom is -0.332 e. The van der Waals surface area contributed by atoms with Crippen LogP contribution in [0.2, 0.25) is 0 Å². The highest BCUT2D eigenvalue weighted by Gasteiger charge is 2.23. The Balaban J connectivity index is 2.24. The van der Waals surface area contributed by atoms with Crippen LogP contribution in [0.5, 0.6) is 0 Å². The molecule has 0 aliphatic carbocycles. The maximum Gasteiger partial charge on any atom is 0.167 e. The second kappa shape index (κ2) is 3.43. The summed E-state index contributed by atoms with van der Waals surface area (Å²) in [6, 6.07) is 4.06. The molecule has 1 aromatic heterocycles. The Morgan fingerprint density at radius 1 is 1.77 bits per heavy atom. The summed E-state index contributed by atoms with van der Waals surface area (Å²) >= 11 is 6.55. The lowest BCUT2D eigenvalue weighted by molar-refractivity contribution is 0.447. The third-order valence-electron chi connectivity index (χ3n) is 1.92. The van der Waals surface area contributed by atoms with E-state index in [4.69, 9.17) is 12.2 Å². The van der Waals surface area contributed by atoms with Gasteiger partial charge in [0.1, 0.15) is 6.17 Å². The van der Waals surface area contributed by atoms with Crippen LogP contribution in [0.25, 0.3) is 0 Å². The van der Waals surface area contributed by atoms with Gasteiger partial charge in [-0.1, -0.05) is 18.3 Å². The van der Waals surface area contributed by atoms with E-state index in [-0.39, 0.29) is 6.17 Å². The first-order chi connectivity index (χ1) is 6.33. The Hall–Kier alpha value is -0.940. The molecule has 1 aliphatic rings. The smallest absolute Gasteiger partial charge is 0.167 e. The zero-order valence-corrected chi connectivity index (χ0v) is 8.73. The monoisotopic (exact) mass is 211 g/mol. The van der Waals surface area contributed by atoms with E-state index in [0.717, 1.165) is 10.7 Å². The van der Waals surface area contributed by atoms with Crippen LogP contribution in [0.3, 0.4) is 0 Å². The number of rotatable bonds is 2. The minimum absolute atomic E-state index is 0.0482. The average molecular weight is 211 g/mol. The fraction of sp³-hybridized carbons (Fsp3) is 0.250. The molecular weight excluding hydrogens is 202 g/mol. The van der Waals surface area contributed by atoms with Gasteiger partial charge in [-0.25, -0.2) is 0 Å². The van der Waals surface area contributed by atoms with E-state index < -0.39 is 0 Å². The van der Waals surface area contributed by atoms with Crippen LogP contribution in [-0.2, 0) is 0 Å². The van der Waals surface area contributed by atoms with Gasteiger partial charge in [0, 0.05) is 12.4 Å². The highest BCUT2D eigenvalue weighted by atomic mass is 32.1. The number of nitrogens with zero attached hydrogens (tertiary/aromatic N) is 2. The number of hydrogen-bond acceptors (Lipinski definition) is 5. The maximum absolute atomic E-state index is 4.87. The SMILES string of the molecule is CN1C(c2cccs2)=NNC1C=S. The van der Waals surface area contributed by atoms with E-state index in [1.54, 1.807) is 16.7 Å². The van der Waals surface area contributed by atoms with Crippen molar-refractivity contribution in [2.45, 2.75) is 6.17 Å². The van der Waals surface area contributed by atoms with Gasteiger partial charge in [0.25, 0.3) is 0 Å². The predicted molar refractivity (Wildman–Crippen MR) is 59.2 cm³/mol. The molecular formula is C8H9N3S2. The summed E-state index contributed by atoms with van der Waals surface area (Å²) in [4.78, 5) is 3.19. The molecule has 0 bridgehead atoms. The van der Waals surface area contributed by atoms with Crippen molar-refractivity contribution in [3.8, 4) is 0 Å². The van der Waals surface area contributed by atoms with Crippen LogP contribution in [0, 0.1) is 0 Å². The Morgan fingerprint density at radius 3 is 3.15 bits per heavy atom. The van der Waals surface area contributed by atoms with Gasteiger partial charge in [0.15, 0.2) is 5.84 Å². The molecule has 1 N–H and O–H groups in total. The lowest BCUT2D eigenvalue weighted by atomic mass is 10.4. The van der Waals surface area contributed by atoms with Crippen molar-refractivity contribution in [1.82, 2.24) is 10.3 Å². The zero-order chi connectivity index (χ0) is 9.26. The summed E-state index contributed by atoms with van der Waals surface area (Å²) in [6.45, 7) is 0. The van der Waals surface area contributed by atoms with E-state index in [9.17, 15) is 0 Å². The van der Waals surface area contributed by atoms with Crippen molar-refractivity contribution >= 4 is 34.8 Å². The van der Waals surface area contributed by atoms with Gasteiger partial charge >= 0.3 is 0 Å². The fourth-order valence-electron chi connectivity index (χ4n) is 1.18. The molecule has 2 rings (SSSR count). The van der Waals surface area contributed by atoms with Crippen molar-refractivity contribution in [2.75, 3.05) is 7.05 Å². The summed E-state index contributed by atoms with van der Waals surface area (Å²) in [6.07, 6.45) is 0.0482. The first-order valence-electron chi connectivity index (χ1n) is 3.88. The Morgan fingerprint density at radius 2 is 2.62 bits per heavy atom. The van der Waals surface area contributed by atoms with Crippen LogP contribution in [0.15, 0.2) is 22.6 Å². The van der Waals surface area contributed by atoms with E-state index in [1.807, 2.05) is 29.5 Å². The van der Waals surface area contributed by atoms with E-state index >= 15 is 0 Å². The van der Waals surface area contributed by atoms with Gasteiger partial charge in [-0.05, 0) is 11.4 Å². The summed E-state index contributed by atoms with van der Waals surface area (Å²) in [5, 5.41) is 7.93. The van der Waals surface area contributed by atoms with E-state index in [1.165, 1.54) is 0 Å². The number of amidine groups is 1. The lowest BCUT2D eigenvalue weighted by Gasteiger charge is -2.17. The molecule has 0 saturated carbocycles. The third kappa shape index (κ3) is 1.45. The second-order valence-corrected chi connectivity index (χ2v) is 3.95. The molecule has 0 fully saturated rings. The number of hydrogen-bond donors (Lipinski definition) is 1. The minimum atomic E-state index is 0.0482. The topological polar surface area (TPSA) is 27.6 Å². The third-order valence-corrected chi connectivity index (χ3v) is 3.05. The number of hydrazone groups is 1. The molecule has 5 heteroatoms. The van der Waals surface area contributed by atoms with Crippen molar-refractivity contribution in [3.63, 3.8) is 0 Å². The summed E-state index contributed by atoms with van der Waals surface area (Å²) in [5.74, 6) is 0.959. The van der Waals surface area contributed by atoms with Gasteiger partial charge in [-0.2, -0.15) is 5.10 Å². The molecule has 0 saturated heterocycles. The largest absolute Gasteiger partial charge is 0.332 e. The van der Waals surface area contributed by atoms with E-state index in [0.29, 0.717) is 0 Å². The van der Waals surface area contributed by atoms with Gasteiger partial charge in [-0.15, -0.1) is 11.3 Å². The molecule has 0 radical (unpaired) electrons. The van der Waals surface area contributed by atoms with Crippen LogP contribution < -0.4 is 5.43 Å². The molecule has 13 heavy (non-hydrogen) atoms. The summed E-state index contributed by atoms with van der Waals surface area (Å²) in [5.41, 5.74) is 2.96. The second-order valence-electron chi connectivity index (χ2n) is 2.73. The molecule has 0 amide bonds. The Kier molecular flexibility index (Phi) is 2.28. The normalized spacial score (nSPS) is 21.2. The molecule has 3 nitrogen and oxygen atoms in total. The Labute approximate surface area is 86.1 Å². The average Bonchev–Trinajstić information content (AvgIpc) is 2.72. The molecule has 0 spiro atoms. The van der Waals surface area contributed by atoms with Crippen LogP contribution >= 0.6 is 23.6 Å². The van der Waals surface area contributed by atoms with Crippen molar-refractivity contribution < 1.29 is 0 Å². The van der Waals surface area contributed by atoms with Gasteiger partial charge < -0.3 is 4.90 Å². The van der Waals surface area contributed by atoms with E-state index in [2.05, 4.69) is 10.5 Å². The predicted octanol–water partition coefficient (Wildman–Crippen LogP) is 1.27. The van der Waals surface area contributed by atoms with Crippen LogP contribution in [-0.4, -0.2) is 29.3 Å². The highest BCUT2D eigenvalue weighted by molar-refractivity contribution is 7.79. The maximum atomic E-state index is 4.87. The van der Waals surface area contributed by atoms with Crippen LogP contribution in [0.1, 0.15) is 4.88 Å². The summed E-state index contributed by atoms with van der Waals surface area (Å²) in [7, 11) is 1.98. The quantitative estimate of drug-likeness (QED) is 0.747. The Bertz CT molecular complexity index is 331. The van der Waals surface area contributed by atoms with Crippen molar-refractivity contribution in [3.05, 3.63) is 22.4 Å². The van der Waals surface area contributed by atoms with Gasteiger partial charge in [-0.3, -0.25) is 5.43 Å². The number of thiophene rings is 1. The highest BCUT2D eigenvalue weighted by Crippen LogP contribution is 2.15.